The lowest BCUT2D eigenvalue weighted by Gasteiger charge is -2.28. The van der Waals surface area contributed by atoms with E-state index in [1.165, 1.54) is 22.4 Å². The van der Waals surface area contributed by atoms with Crippen molar-refractivity contribution in [3.05, 3.63) is 59.2 Å². The van der Waals surface area contributed by atoms with Gasteiger partial charge in [0.2, 0.25) is 0 Å². The minimum absolute atomic E-state index is 0.489. The molecule has 0 saturated carbocycles. The van der Waals surface area contributed by atoms with Gasteiger partial charge in [-0.2, -0.15) is 0 Å². The van der Waals surface area contributed by atoms with Gasteiger partial charge in [-0.15, -0.1) is 0 Å². The van der Waals surface area contributed by atoms with E-state index in [-0.39, 0.29) is 0 Å². The Morgan fingerprint density at radius 3 is 2.74 bits per heavy atom. The summed E-state index contributed by atoms with van der Waals surface area (Å²) >= 11 is 0. The highest BCUT2D eigenvalue weighted by atomic mass is 16.5. The molecule has 1 heterocycles. The predicted molar refractivity (Wildman–Crippen MR) is 79.1 cm³/mol. The molecule has 0 radical (unpaired) electrons. The van der Waals surface area contributed by atoms with Crippen LogP contribution in [0, 0.1) is 6.92 Å². The van der Waals surface area contributed by atoms with E-state index in [1.807, 2.05) is 0 Å². The van der Waals surface area contributed by atoms with Crippen molar-refractivity contribution in [3.8, 4) is 5.75 Å². The Bertz CT molecular complexity index is 592. The van der Waals surface area contributed by atoms with Crippen LogP contribution in [0.25, 0.3) is 0 Å². The van der Waals surface area contributed by atoms with Crippen LogP contribution in [0.15, 0.2) is 42.5 Å². The number of fused-ring (bicyclic) bond motifs is 1. The second-order valence-electron chi connectivity index (χ2n) is 5.08. The first-order valence-electron chi connectivity index (χ1n) is 6.77. The minimum atomic E-state index is 0.489. The number of anilines is 1. The predicted octanol–water partition coefficient (Wildman–Crippen LogP) is 3.95. The SMILES string of the molecule is COc1ccc(C2CCNc3ccccc32)c(C)c1. The number of nitrogens with one attached hydrogen (secondary N) is 1. The van der Waals surface area contributed by atoms with Crippen molar-refractivity contribution in [2.24, 2.45) is 0 Å². The van der Waals surface area contributed by atoms with Crippen molar-refractivity contribution >= 4 is 5.69 Å². The van der Waals surface area contributed by atoms with Crippen molar-refractivity contribution in [1.29, 1.82) is 0 Å². The fraction of sp³-hybridized carbons (Fsp3) is 0.294. The molecule has 1 aliphatic heterocycles. The van der Waals surface area contributed by atoms with Crippen LogP contribution in [-0.4, -0.2) is 13.7 Å². The van der Waals surface area contributed by atoms with Crippen LogP contribution in [0.1, 0.15) is 29.0 Å². The van der Waals surface area contributed by atoms with Crippen molar-refractivity contribution in [2.45, 2.75) is 19.3 Å². The molecule has 1 aliphatic rings. The summed E-state index contributed by atoms with van der Waals surface area (Å²) in [6, 6.07) is 15.0. The molecule has 3 rings (SSSR count). The Kier molecular flexibility index (Phi) is 3.16. The van der Waals surface area contributed by atoms with E-state index in [9.17, 15) is 0 Å². The van der Waals surface area contributed by atoms with Crippen LogP contribution in [0.5, 0.6) is 5.75 Å². The van der Waals surface area contributed by atoms with E-state index in [2.05, 4.69) is 54.7 Å². The van der Waals surface area contributed by atoms with Gasteiger partial charge in [0.1, 0.15) is 5.75 Å². The average Bonchev–Trinajstić information content (AvgIpc) is 2.46. The van der Waals surface area contributed by atoms with Crippen molar-refractivity contribution in [2.75, 3.05) is 19.0 Å². The molecule has 1 unspecified atom stereocenters. The van der Waals surface area contributed by atoms with E-state index < -0.39 is 0 Å². The lowest BCUT2D eigenvalue weighted by Crippen LogP contribution is -2.18. The van der Waals surface area contributed by atoms with Crippen LogP contribution >= 0.6 is 0 Å². The molecule has 1 atom stereocenters. The van der Waals surface area contributed by atoms with E-state index >= 15 is 0 Å². The first-order chi connectivity index (χ1) is 9.29. The smallest absolute Gasteiger partial charge is 0.119 e. The molecule has 19 heavy (non-hydrogen) atoms. The molecule has 2 nitrogen and oxygen atoms in total. The molecule has 0 aliphatic carbocycles. The Hall–Kier alpha value is -1.96. The summed E-state index contributed by atoms with van der Waals surface area (Å²) in [5.41, 5.74) is 5.40. The third-order valence-corrected chi connectivity index (χ3v) is 3.94. The van der Waals surface area contributed by atoms with E-state index in [4.69, 9.17) is 4.74 Å². The largest absolute Gasteiger partial charge is 0.497 e. The number of rotatable bonds is 2. The number of ether oxygens (including phenoxy) is 1. The summed E-state index contributed by atoms with van der Waals surface area (Å²) in [5, 5.41) is 3.48. The fourth-order valence-corrected chi connectivity index (χ4v) is 2.96. The number of methoxy groups -OCH3 is 1. The Morgan fingerprint density at radius 2 is 1.95 bits per heavy atom. The second kappa shape index (κ2) is 4.96. The second-order valence-corrected chi connectivity index (χ2v) is 5.08. The van der Waals surface area contributed by atoms with Gasteiger partial charge in [-0.3, -0.25) is 0 Å². The number of benzene rings is 2. The van der Waals surface area contributed by atoms with Gasteiger partial charge in [0, 0.05) is 18.2 Å². The van der Waals surface area contributed by atoms with E-state index in [1.54, 1.807) is 7.11 Å². The normalized spacial score (nSPS) is 17.5. The minimum Gasteiger partial charge on any atom is -0.497 e. The van der Waals surface area contributed by atoms with Gasteiger partial charge in [-0.1, -0.05) is 24.3 Å². The molecule has 2 heteroatoms. The first kappa shape index (κ1) is 12.1. The topological polar surface area (TPSA) is 21.3 Å². The molecule has 0 spiro atoms. The van der Waals surface area contributed by atoms with Crippen molar-refractivity contribution in [1.82, 2.24) is 0 Å². The Labute approximate surface area is 114 Å². The zero-order valence-electron chi connectivity index (χ0n) is 11.4. The van der Waals surface area contributed by atoms with Crippen LogP contribution in [0.4, 0.5) is 5.69 Å². The molecule has 0 amide bonds. The van der Waals surface area contributed by atoms with Crippen LogP contribution < -0.4 is 10.1 Å². The molecule has 2 aromatic rings. The zero-order valence-corrected chi connectivity index (χ0v) is 11.4. The van der Waals surface area contributed by atoms with Gasteiger partial charge in [0.15, 0.2) is 0 Å². The molecule has 0 fully saturated rings. The lowest BCUT2D eigenvalue weighted by molar-refractivity contribution is 0.414. The standard InChI is InChI=1S/C17H19NO/c1-12-11-13(19-2)7-8-14(12)15-9-10-18-17-6-4-3-5-16(15)17/h3-8,11,15,18H,9-10H2,1-2H3. The van der Waals surface area contributed by atoms with E-state index in [0.717, 1.165) is 18.7 Å². The molecule has 1 N–H and O–H groups in total. The van der Waals surface area contributed by atoms with Crippen molar-refractivity contribution in [3.63, 3.8) is 0 Å². The highest BCUT2D eigenvalue weighted by molar-refractivity contribution is 5.58. The maximum absolute atomic E-state index is 5.29. The highest BCUT2D eigenvalue weighted by Crippen LogP contribution is 2.38. The molecular formula is C17H19NO. The van der Waals surface area contributed by atoms with Crippen molar-refractivity contribution < 1.29 is 4.74 Å². The number of para-hydroxylation sites is 1. The van der Waals surface area contributed by atoms with Crippen LogP contribution in [-0.2, 0) is 0 Å². The van der Waals surface area contributed by atoms with Gasteiger partial charge >= 0.3 is 0 Å². The summed E-state index contributed by atoms with van der Waals surface area (Å²) in [4.78, 5) is 0. The summed E-state index contributed by atoms with van der Waals surface area (Å²) < 4.78 is 5.29. The monoisotopic (exact) mass is 253 g/mol. The number of hydrogen-bond acceptors (Lipinski definition) is 2. The molecule has 0 bridgehead atoms. The molecule has 0 saturated heterocycles. The summed E-state index contributed by atoms with van der Waals surface area (Å²) in [6.45, 7) is 3.20. The van der Waals surface area contributed by atoms with Crippen LogP contribution in [0.2, 0.25) is 0 Å². The van der Waals surface area contributed by atoms with E-state index in [0.29, 0.717) is 5.92 Å². The third-order valence-electron chi connectivity index (χ3n) is 3.94. The third kappa shape index (κ3) is 2.19. The van der Waals surface area contributed by atoms with Crippen LogP contribution in [0.3, 0.4) is 0 Å². The first-order valence-corrected chi connectivity index (χ1v) is 6.77. The zero-order chi connectivity index (χ0) is 13.2. The van der Waals surface area contributed by atoms with Gasteiger partial charge in [-0.05, 0) is 48.2 Å². The van der Waals surface area contributed by atoms with Gasteiger partial charge < -0.3 is 10.1 Å². The van der Waals surface area contributed by atoms with Gasteiger partial charge in [0.05, 0.1) is 7.11 Å². The maximum Gasteiger partial charge on any atom is 0.119 e. The van der Waals surface area contributed by atoms with Gasteiger partial charge in [-0.25, -0.2) is 0 Å². The number of aryl methyl sites for hydroxylation is 1. The summed E-state index contributed by atoms with van der Waals surface area (Å²) in [5.74, 6) is 1.42. The van der Waals surface area contributed by atoms with Gasteiger partial charge in [0.25, 0.3) is 0 Å². The molecule has 98 valence electrons. The summed E-state index contributed by atoms with van der Waals surface area (Å²) in [6.07, 6.45) is 1.14. The maximum atomic E-state index is 5.29. The summed E-state index contributed by atoms with van der Waals surface area (Å²) in [7, 11) is 1.72. The Balaban J connectivity index is 2.04. The molecule has 2 aromatic carbocycles. The molecular weight excluding hydrogens is 234 g/mol. The quantitative estimate of drug-likeness (QED) is 0.875. The highest BCUT2D eigenvalue weighted by Gasteiger charge is 2.22. The fourth-order valence-electron chi connectivity index (χ4n) is 2.96. The Morgan fingerprint density at radius 1 is 1.11 bits per heavy atom. The average molecular weight is 253 g/mol. The lowest BCUT2D eigenvalue weighted by atomic mass is 9.83. The number of hydrogen-bond donors (Lipinski definition) is 1. The molecule has 0 aromatic heterocycles.